The van der Waals surface area contributed by atoms with Crippen LogP contribution in [0.1, 0.15) is 11.1 Å². The Hall–Kier alpha value is -0.990. The highest BCUT2D eigenvalue weighted by Gasteiger charge is 1.99. The Morgan fingerprint density at radius 1 is 1.00 bits per heavy atom. The summed E-state index contributed by atoms with van der Waals surface area (Å²) in [7, 11) is 0. The van der Waals surface area contributed by atoms with Crippen LogP contribution in [-0.4, -0.2) is 5.75 Å². The first-order valence-electron chi connectivity index (χ1n) is 5.42. The molecule has 0 saturated carbocycles. The number of hydrogen-bond donors (Lipinski definition) is 1. The van der Waals surface area contributed by atoms with Gasteiger partial charge in [-0.05, 0) is 28.8 Å². The van der Waals surface area contributed by atoms with Crippen molar-refractivity contribution in [1.82, 2.24) is 0 Å². The molecule has 0 aliphatic heterocycles. The summed E-state index contributed by atoms with van der Waals surface area (Å²) in [5, 5.41) is 0. The zero-order valence-electron chi connectivity index (χ0n) is 9.31. The van der Waals surface area contributed by atoms with Crippen LogP contribution in [0.2, 0.25) is 0 Å². The number of hydrogen-bond acceptors (Lipinski definition) is 1. The van der Waals surface area contributed by atoms with Crippen molar-refractivity contribution in [1.29, 1.82) is 0 Å². The van der Waals surface area contributed by atoms with Crippen molar-refractivity contribution in [2.45, 2.75) is 0 Å². The molecular formula is C15H13BrS. The van der Waals surface area contributed by atoms with E-state index in [0.717, 1.165) is 10.2 Å². The van der Waals surface area contributed by atoms with Crippen molar-refractivity contribution in [2.24, 2.45) is 0 Å². The first kappa shape index (κ1) is 12.5. The first-order chi connectivity index (χ1) is 8.29. The number of halogens is 1. The summed E-state index contributed by atoms with van der Waals surface area (Å²) in [4.78, 5) is 0. The maximum atomic E-state index is 4.40. The molecule has 0 aliphatic rings. The Morgan fingerprint density at radius 3 is 2.24 bits per heavy atom. The van der Waals surface area contributed by atoms with Crippen LogP contribution < -0.4 is 0 Å². The van der Waals surface area contributed by atoms with Crippen LogP contribution in [-0.2, 0) is 0 Å². The van der Waals surface area contributed by atoms with Crippen molar-refractivity contribution in [3.63, 3.8) is 0 Å². The molecule has 86 valence electrons. The van der Waals surface area contributed by atoms with Crippen LogP contribution >= 0.6 is 28.6 Å². The minimum atomic E-state index is 0.736. The maximum Gasteiger partial charge on any atom is 0.0175 e. The monoisotopic (exact) mass is 304 g/mol. The van der Waals surface area contributed by atoms with E-state index in [1.54, 1.807) is 0 Å². The van der Waals surface area contributed by atoms with Crippen molar-refractivity contribution in [2.75, 3.05) is 5.75 Å². The summed E-state index contributed by atoms with van der Waals surface area (Å²) in [6.07, 6.45) is 2.18. The zero-order valence-corrected chi connectivity index (χ0v) is 11.8. The molecule has 0 unspecified atom stereocenters. The quantitative estimate of drug-likeness (QED) is 0.604. The van der Waals surface area contributed by atoms with Gasteiger partial charge in [-0.3, -0.25) is 0 Å². The van der Waals surface area contributed by atoms with E-state index in [2.05, 4.69) is 58.9 Å². The summed E-state index contributed by atoms with van der Waals surface area (Å²) in [5.41, 5.74) is 3.66. The highest BCUT2D eigenvalue weighted by molar-refractivity contribution is 9.10. The molecular weight excluding hydrogens is 292 g/mol. The van der Waals surface area contributed by atoms with E-state index < -0.39 is 0 Å². The lowest BCUT2D eigenvalue weighted by atomic mass is 10.0. The van der Waals surface area contributed by atoms with Crippen LogP contribution in [0.15, 0.2) is 59.1 Å². The minimum absolute atomic E-state index is 0.736. The van der Waals surface area contributed by atoms with Crippen LogP contribution in [0.4, 0.5) is 0 Å². The van der Waals surface area contributed by atoms with Crippen LogP contribution in [0.5, 0.6) is 0 Å². The Kier molecular flexibility index (Phi) is 4.46. The second-order valence-corrected chi connectivity index (χ2v) is 4.98. The average molecular weight is 305 g/mol. The second-order valence-electron chi connectivity index (χ2n) is 3.75. The molecule has 0 nitrogen and oxygen atoms in total. The summed E-state index contributed by atoms with van der Waals surface area (Å²) < 4.78 is 1.10. The Labute approximate surface area is 116 Å². The van der Waals surface area contributed by atoms with Crippen molar-refractivity contribution in [3.8, 4) is 0 Å². The van der Waals surface area contributed by atoms with Gasteiger partial charge < -0.3 is 0 Å². The standard InChI is InChI=1S/C15H13BrS/c16-15-8-6-12(7-9-15)10-14(11-17)13-4-2-1-3-5-13/h1-10,17H,11H2. The largest absolute Gasteiger partial charge is 0.175 e. The molecule has 0 saturated heterocycles. The van der Waals surface area contributed by atoms with Crippen molar-refractivity contribution < 1.29 is 0 Å². The molecule has 0 fully saturated rings. The highest BCUT2D eigenvalue weighted by atomic mass is 79.9. The first-order valence-corrected chi connectivity index (χ1v) is 6.84. The highest BCUT2D eigenvalue weighted by Crippen LogP contribution is 2.20. The Bertz CT molecular complexity index is 500. The predicted octanol–water partition coefficient (Wildman–Crippen LogP) is 4.92. The number of rotatable bonds is 3. The molecule has 2 rings (SSSR count). The SMILES string of the molecule is SCC(=Cc1ccc(Br)cc1)c1ccccc1. The topological polar surface area (TPSA) is 0 Å². The van der Waals surface area contributed by atoms with E-state index in [1.807, 2.05) is 30.3 Å². The summed E-state index contributed by atoms with van der Waals surface area (Å²) in [6, 6.07) is 18.6. The Balaban J connectivity index is 2.33. The van der Waals surface area contributed by atoms with Gasteiger partial charge in [0.2, 0.25) is 0 Å². The molecule has 0 atom stereocenters. The van der Waals surface area contributed by atoms with Gasteiger partial charge in [-0.25, -0.2) is 0 Å². The van der Waals surface area contributed by atoms with Crippen molar-refractivity contribution in [3.05, 3.63) is 70.2 Å². The molecule has 0 aromatic heterocycles. The molecule has 0 aliphatic carbocycles. The van der Waals surface area contributed by atoms with Gasteiger partial charge in [0.25, 0.3) is 0 Å². The molecule has 0 spiro atoms. The molecule has 17 heavy (non-hydrogen) atoms. The van der Waals surface area contributed by atoms with E-state index in [9.17, 15) is 0 Å². The maximum absolute atomic E-state index is 4.40. The van der Waals surface area contributed by atoms with E-state index in [4.69, 9.17) is 0 Å². The van der Waals surface area contributed by atoms with Gasteiger partial charge >= 0.3 is 0 Å². The van der Waals surface area contributed by atoms with Crippen molar-refractivity contribution >= 4 is 40.2 Å². The second kappa shape index (κ2) is 6.08. The average Bonchev–Trinajstić information content (AvgIpc) is 2.39. The summed E-state index contributed by atoms with van der Waals surface area (Å²) >= 11 is 7.84. The fourth-order valence-electron chi connectivity index (χ4n) is 1.63. The molecule has 0 bridgehead atoms. The summed E-state index contributed by atoms with van der Waals surface area (Å²) in [6.45, 7) is 0. The van der Waals surface area contributed by atoms with Gasteiger partial charge in [-0.1, -0.05) is 64.5 Å². The van der Waals surface area contributed by atoms with Gasteiger partial charge in [0.15, 0.2) is 0 Å². The molecule has 0 radical (unpaired) electrons. The van der Waals surface area contributed by atoms with E-state index in [1.165, 1.54) is 16.7 Å². The Morgan fingerprint density at radius 2 is 1.65 bits per heavy atom. The normalized spacial score (nSPS) is 11.5. The third-order valence-electron chi connectivity index (χ3n) is 2.53. The molecule has 2 aromatic carbocycles. The smallest absolute Gasteiger partial charge is 0.0175 e. The van der Waals surface area contributed by atoms with E-state index >= 15 is 0 Å². The minimum Gasteiger partial charge on any atom is -0.175 e. The lowest BCUT2D eigenvalue weighted by Gasteiger charge is -2.04. The molecule has 2 aromatic rings. The van der Waals surface area contributed by atoms with E-state index in [0.29, 0.717) is 0 Å². The lowest BCUT2D eigenvalue weighted by Crippen LogP contribution is -1.85. The lowest BCUT2D eigenvalue weighted by molar-refractivity contribution is 1.57. The predicted molar refractivity (Wildman–Crippen MR) is 82.3 cm³/mol. The summed E-state index contributed by atoms with van der Waals surface area (Å²) in [5.74, 6) is 0.736. The van der Waals surface area contributed by atoms with Gasteiger partial charge in [0.05, 0.1) is 0 Å². The fraction of sp³-hybridized carbons (Fsp3) is 0.0667. The third-order valence-corrected chi connectivity index (χ3v) is 3.40. The van der Waals surface area contributed by atoms with Crippen LogP contribution in [0, 0.1) is 0 Å². The van der Waals surface area contributed by atoms with Crippen LogP contribution in [0.3, 0.4) is 0 Å². The van der Waals surface area contributed by atoms with Gasteiger partial charge in [0, 0.05) is 10.2 Å². The zero-order chi connectivity index (χ0) is 12.1. The molecule has 0 N–H and O–H groups in total. The molecule has 0 amide bonds. The molecule has 2 heteroatoms. The van der Waals surface area contributed by atoms with Crippen LogP contribution in [0.25, 0.3) is 11.6 Å². The van der Waals surface area contributed by atoms with Gasteiger partial charge in [0.1, 0.15) is 0 Å². The number of thiol groups is 1. The number of benzene rings is 2. The third kappa shape index (κ3) is 3.48. The van der Waals surface area contributed by atoms with Gasteiger partial charge in [-0.2, -0.15) is 12.6 Å². The molecule has 0 heterocycles. The fourth-order valence-corrected chi connectivity index (χ4v) is 2.17. The van der Waals surface area contributed by atoms with Gasteiger partial charge in [-0.15, -0.1) is 0 Å². The van der Waals surface area contributed by atoms with E-state index in [-0.39, 0.29) is 0 Å².